The number of rotatable bonds is 4. The summed E-state index contributed by atoms with van der Waals surface area (Å²) in [4.78, 5) is 7.36. The minimum atomic E-state index is -0.0457. The summed E-state index contributed by atoms with van der Waals surface area (Å²) in [7, 11) is 4.24. The SMILES string of the molecule is C[B]c1cccc(C2=NC(c3ccccc3)N(C)C(c3ccccc3)=C2)c1. The molecule has 0 saturated carbocycles. The molecule has 3 aromatic rings. The van der Waals surface area contributed by atoms with Crippen LogP contribution < -0.4 is 5.46 Å². The van der Waals surface area contributed by atoms with Crippen molar-refractivity contribution in [3.63, 3.8) is 0 Å². The predicted octanol–water partition coefficient (Wildman–Crippen LogP) is 4.54. The number of aliphatic imine (C=N–C) groups is 1. The van der Waals surface area contributed by atoms with E-state index in [0.29, 0.717) is 0 Å². The standard InChI is InChI=1S/C24H22BN2/c1-25-21-15-9-14-20(16-21)22-17-23(18-10-5-3-6-11-18)27(2)24(26-22)19-12-7-4-8-13-19/h3-17,24H,1-2H3. The Morgan fingerprint density at radius 2 is 1.48 bits per heavy atom. The summed E-state index contributed by atoms with van der Waals surface area (Å²) in [6.07, 6.45) is 2.15. The molecule has 1 unspecified atom stereocenters. The van der Waals surface area contributed by atoms with Crippen molar-refractivity contribution in [3.8, 4) is 0 Å². The van der Waals surface area contributed by atoms with Crippen LogP contribution in [-0.2, 0) is 0 Å². The van der Waals surface area contributed by atoms with Crippen LogP contribution in [0.4, 0.5) is 0 Å². The minimum Gasteiger partial charge on any atom is -0.349 e. The summed E-state index contributed by atoms with van der Waals surface area (Å²) in [5.74, 6) is 0. The average Bonchev–Trinajstić information content (AvgIpc) is 2.75. The van der Waals surface area contributed by atoms with E-state index in [4.69, 9.17) is 4.99 Å². The van der Waals surface area contributed by atoms with Gasteiger partial charge in [-0.3, -0.25) is 4.99 Å². The van der Waals surface area contributed by atoms with Crippen LogP contribution in [0.3, 0.4) is 0 Å². The summed E-state index contributed by atoms with van der Waals surface area (Å²) in [5, 5.41) is 0. The third-order valence-electron chi connectivity index (χ3n) is 4.96. The third-order valence-corrected chi connectivity index (χ3v) is 4.96. The normalized spacial score (nSPS) is 16.5. The van der Waals surface area contributed by atoms with E-state index in [-0.39, 0.29) is 6.17 Å². The zero-order valence-corrected chi connectivity index (χ0v) is 15.7. The summed E-state index contributed by atoms with van der Waals surface area (Å²) < 4.78 is 0. The molecule has 0 spiro atoms. The van der Waals surface area contributed by atoms with E-state index >= 15 is 0 Å². The van der Waals surface area contributed by atoms with Gasteiger partial charge in [-0.15, -0.1) is 0 Å². The molecule has 1 atom stereocenters. The molecule has 0 aliphatic carbocycles. The van der Waals surface area contributed by atoms with Crippen molar-refractivity contribution in [3.05, 3.63) is 108 Å². The van der Waals surface area contributed by atoms with Gasteiger partial charge >= 0.3 is 0 Å². The molecule has 3 heteroatoms. The lowest BCUT2D eigenvalue weighted by atomic mass is 9.73. The second-order valence-electron chi connectivity index (χ2n) is 6.72. The summed E-state index contributed by atoms with van der Waals surface area (Å²) >= 11 is 0. The molecule has 0 N–H and O–H groups in total. The number of nitrogens with zero attached hydrogens (tertiary/aromatic N) is 2. The Labute approximate surface area is 162 Å². The highest BCUT2D eigenvalue weighted by Gasteiger charge is 2.24. The fourth-order valence-corrected chi connectivity index (χ4v) is 3.47. The third kappa shape index (κ3) is 3.59. The first-order valence-electron chi connectivity index (χ1n) is 9.29. The van der Waals surface area contributed by atoms with Gasteiger partial charge in [0.25, 0.3) is 0 Å². The van der Waals surface area contributed by atoms with Crippen LogP contribution in [-0.4, -0.2) is 24.9 Å². The molecule has 1 radical (unpaired) electrons. The van der Waals surface area contributed by atoms with Crippen molar-refractivity contribution in [1.29, 1.82) is 0 Å². The molecule has 3 aromatic carbocycles. The maximum absolute atomic E-state index is 5.11. The van der Waals surface area contributed by atoms with Crippen molar-refractivity contribution < 1.29 is 0 Å². The van der Waals surface area contributed by atoms with Gasteiger partial charge in [0.15, 0.2) is 0 Å². The Morgan fingerprint density at radius 3 is 2.19 bits per heavy atom. The topological polar surface area (TPSA) is 15.6 Å². The molecule has 27 heavy (non-hydrogen) atoms. The fourth-order valence-electron chi connectivity index (χ4n) is 3.47. The monoisotopic (exact) mass is 349 g/mol. The number of hydrogen-bond acceptors (Lipinski definition) is 2. The van der Waals surface area contributed by atoms with E-state index < -0.39 is 0 Å². The van der Waals surface area contributed by atoms with Crippen molar-refractivity contribution in [2.24, 2.45) is 4.99 Å². The molecule has 0 aromatic heterocycles. The molecule has 1 aliphatic heterocycles. The molecular formula is C24H22BN2. The lowest BCUT2D eigenvalue weighted by Crippen LogP contribution is -2.27. The largest absolute Gasteiger partial charge is 0.349 e. The molecule has 4 rings (SSSR count). The van der Waals surface area contributed by atoms with Crippen LogP contribution in [0.5, 0.6) is 0 Å². The Kier molecular flexibility index (Phi) is 4.93. The molecule has 1 heterocycles. The van der Waals surface area contributed by atoms with Gasteiger partial charge in [-0.05, 0) is 22.8 Å². The van der Waals surface area contributed by atoms with Gasteiger partial charge in [0.1, 0.15) is 13.4 Å². The Bertz CT molecular complexity index is 978. The smallest absolute Gasteiger partial charge is 0.148 e. The van der Waals surface area contributed by atoms with Crippen molar-refractivity contribution >= 4 is 24.2 Å². The second kappa shape index (κ2) is 7.67. The van der Waals surface area contributed by atoms with Crippen LogP contribution in [0.1, 0.15) is 22.9 Å². The molecule has 131 valence electrons. The van der Waals surface area contributed by atoms with Crippen molar-refractivity contribution in [1.82, 2.24) is 4.90 Å². The summed E-state index contributed by atoms with van der Waals surface area (Å²) in [6, 6.07) is 29.6. The van der Waals surface area contributed by atoms with Crippen LogP contribution in [0.25, 0.3) is 5.70 Å². The summed E-state index contributed by atoms with van der Waals surface area (Å²) in [6.45, 7) is 2.06. The zero-order chi connectivity index (χ0) is 18.6. The predicted molar refractivity (Wildman–Crippen MR) is 116 cm³/mol. The molecule has 0 amide bonds. The first-order valence-corrected chi connectivity index (χ1v) is 9.29. The van der Waals surface area contributed by atoms with Gasteiger partial charge in [0.05, 0.1) is 5.71 Å². The highest BCUT2D eigenvalue weighted by molar-refractivity contribution is 6.52. The van der Waals surface area contributed by atoms with E-state index in [9.17, 15) is 0 Å². The zero-order valence-electron chi connectivity index (χ0n) is 15.7. The number of hydrogen-bond donors (Lipinski definition) is 0. The number of benzene rings is 3. The van der Waals surface area contributed by atoms with Gasteiger partial charge < -0.3 is 4.90 Å². The van der Waals surface area contributed by atoms with E-state index in [1.165, 1.54) is 22.3 Å². The lowest BCUT2D eigenvalue weighted by Gasteiger charge is -2.34. The van der Waals surface area contributed by atoms with Crippen LogP contribution >= 0.6 is 0 Å². The van der Waals surface area contributed by atoms with E-state index in [1.807, 2.05) is 6.07 Å². The van der Waals surface area contributed by atoms with E-state index in [2.05, 4.69) is 111 Å². The Balaban J connectivity index is 1.84. The van der Waals surface area contributed by atoms with Gasteiger partial charge in [-0.25, -0.2) is 0 Å². The highest BCUT2D eigenvalue weighted by atomic mass is 15.2. The second-order valence-corrected chi connectivity index (χ2v) is 6.72. The van der Waals surface area contributed by atoms with Crippen LogP contribution in [0, 0.1) is 0 Å². The number of allylic oxidation sites excluding steroid dienone is 1. The molecule has 0 bridgehead atoms. The minimum absolute atomic E-state index is 0.0457. The van der Waals surface area contributed by atoms with Gasteiger partial charge in [-0.2, -0.15) is 0 Å². The maximum atomic E-state index is 5.11. The van der Waals surface area contributed by atoms with Crippen molar-refractivity contribution in [2.45, 2.75) is 13.0 Å². The van der Waals surface area contributed by atoms with Crippen LogP contribution in [0.15, 0.2) is 96.0 Å². The maximum Gasteiger partial charge on any atom is 0.148 e. The molecule has 0 fully saturated rings. The molecular weight excluding hydrogens is 327 g/mol. The van der Waals surface area contributed by atoms with E-state index in [1.54, 1.807) is 0 Å². The van der Waals surface area contributed by atoms with Gasteiger partial charge in [-0.1, -0.05) is 97.2 Å². The van der Waals surface area contributed by atoms with Gasteiger partial charge in [0, 0.05) is 12.7 Å². The Hall–Kier alpha value is -3.07. The average molecular weight is 349 g/mol. The molecule has 2 nitrogen and oxygen atoms in total. The fraction of sp³-hybridized carbons (Fsp3) is 0.125. The quantitative estimate of drug-likeness (QED) is 0.632. The highest BCUT2D eigenvalue weighted by Crippen LogP contribution is 2.33. The van der Waals surface area contributed by atoms with Crippen LogP contribution in [0.2, 0.25) is 6.82 Å². The lowest BCUT2D eigenvalue weighted by molar-refractivity contribution is 0.364. The first kappa shape index (κ1) is 17.4. The molecule has 1 aliphatic rings. The van der Waals surface area contributed by atoms with E-state index in [0.717, 1.165) is 11.3 Å². The summed E-state index contributed by atoms with van der Waals surface area (Å²) in [5.41, 5.74) is 6.95. The Morgan fingerprint density at radius 1 is 0.815 bits per heavy atom. The molecule has 0 saturated heterocycles. The van der Waals surface area contributed by atoms with Gasteiger partial charge in [0.2, 0.25) is 0 Å². The first-order chi connectivity index (χ1) is 13.3. The van der Waals surface area contributed by atoms with Crippen molar-refractivity contribution in [2.75, 3.05) is 7.05 Å².